The normalized spacial score (nSPS) is 15.9. The lowest BCUT2D eigenvalue weighted by Crippen LogP contribution is -2.37. The SMILES string of the molecule is COc1nc2c(Oc3ccc(CC(=O)C4(C(=O)Cc5ccc(F)cc5)CC4)cc3)ncnc2cc1OCCCN1CCOCC1. The number of Topliss-reactive ketones (excluding diaryl/α,β-unsaturated/α-hetero) is 2. The minimum Gasteiger partial charge on any atom is -0.488 e. The summed E-state index contributed by atoms with van der Waals surface area (Å²) in [5.41, 5.74) is 1.50. The topological polar surface area (TPSA) is 113 Å². The van der Waals surface area contributed by atoms with E-state index in [9.17, 15) is 14.0 Å². The molecule has 10 nitrogen and oxygen atoms in total. The smallest absolute Gasteiger partial charge is 0.257 e. The molecule has 0 radical (unpaired) electrons. The lowest BCUT2D eigenvalue weighted by Gasteiger charge is -2.26. The Labute approximate surface area is 260 Å². The van der Waals surface area contributed by atoms with E-state index in [-0.39, 0.29) is 36.1 Å². The summed E-state index contributed by atoms with van der Waals surface area (Å²) in [6.07, 6.45) is 3.61. The van der Waals surface area contributed by atoms with Gasteiger partial charge in [-0.3, -0.25) is 14.5 Å². The number of halogens is 1. The van der Waals surface area contributed by atoms with Crippen LogP contribution < -0.4 is 14.2 Å². The third-order valence-electron chi connectivity index (χ3n) is 8.28. The highest BCUT2D eigenvalue weighted by Crippen LogP contribution is 2.49. The summed E-state index contributed by atoms with van der Waals surface area (Å²) in [5, 5.41) is 0. The van der Waals surface area contributed by atoms with Crippen molar-refractivity contribution in [1.29, 1.82) is 0 Å². The van der Waals surface area contributed by atoms with E-state index >= 15 is 0 Å². The standard InChI is InChI=1S/C34H35FN4O6/c1-42-32-28(44-16-2-13-39-14-17-43-18-15-39)21-27-31(38-32)33(37-22-36-27)45-26-9-5-24(6-10-26)20-30(41)34(11-12-34)29(40)19-23-3-7-25(35)8-4-23/h3-10,21-22H,2,11-20H2,1H3. The second-order valence-electron chi connectivity index (χ2n) is 11.4. The van der Waals surface area contributed by atoms with Crippen LogP contribution in [0.2, 0.25) is 0 Å². The molecule has 2 aromatic heterocycles. The molecule has 0 N–H and O–H groups in total. The fraction of sp³-hybridized carbons (Fsp3) is 0.382. The number of carbonyl (C=O) groups excluding carboxylic acids is 2. The second kappa shape index (κ2) is 13.7. The fourth-order valence-electron chi connectivity index (χ4n) is 5.48. The van der Waals surface area contributed by atoms with Gasteiger partial charge in [0.25, 0.3) is 5.88 Å². The summed E-state index contributed by atoms with van der Waals surface area (Å²) >= 11 is 0. The Morgan fingerprint density at radius 2 is 1.60 bits per heavy atom. The van der Waals surface area contributed by atoms with E-state index in [1.807, 2.05) is 0 Å². The van der Waals surface area contributed by atoms with E-state index in [0.29, 0.717) is 53.4 Å². The highest BCUT2D eigenvalue weighted by molar-refractivity contribution is 6.10. The van der Waals surface area contributed by atoms with Crippen molar-refractivity contribution >= 4 is 22.6 Å². The van der Waals surface area contributed by atoms with E-state index in [1.54, 1.807) is 42.5 Å². The number of pyridine rings is 1. The molecule has 0 bridgehead atoms. The van der Waals surface area contributed by atoms with Gasteiger partial charge in [0.05, 0.1) is 32.3 Å². The van der Waals surface area contributed by atoms with E-state index in [4.69, 9.17) is 18.9 Å². The number of aromatic nitrogens is 3. The maximum Gasteiger partial charge on any atom is 0.257 e. The fourth-order valence-corrected chi connectivity index (χ4v) is 5.48. The minimum atomic E-state index is -0.945. The summed E-state index contributed by atoms with van der Waals surface area (Å²) in [5.74, 6) is 0.998. The minimum absolute atomic E-state index is 0.0968. The molecule has 3 heterocycles. The van der Waals surface area contributed by atoms with Gasteiger partial charge in [-0.15, -0.1) is 0 Å². The highest BCUT2D eigenvalue weighted by Gasteiger charge is 2.54. The number of rotatable bonds is 14. The number of ether oxygens (including phenoxy) is 4. The number of ketones is 2. The molecule has 0 amide bonds. The number of morpholine rings is 1. The first-order valence-corrected chi connectivity index (χ1v) is 15.1. The van der Waals surface area contributed by atoms with Crippen LogP contribution in [0.1, 0.15) is 30.4 Å². The van der Waals surface area contributed by atoms with Crippen molar-refractivity contribution in [2.45, 2.75) is 32.1 Å². The van der Waals surface area contributed by atoms with Gasteiger partial charge in [-0.25, -0.2) is 14.4 Å². The monoisotopic (exact) mass is 614 g/mol. The predicted octanol–water partition coefficient (Wildman–Crippen LogP) is 4.77. The summed E-state index contributed by atoms with van der Waals surface area (Å²) in [6.45, 7) is 4.83. The molecule has 2 aliphatic rings. The van der Waals surface area contributed by atoms with Crippen molar-refractivity contribution in [1.82, 2.24) is 19.9 Å². The lowest BCUT2D eigenvalue weighted by atomic mass is 9.88. The average Bonchev–Trinajstić information content (AvgIpc) is 3.88. The van der Waals surface area contributed by atoms with Gasteiger partial charge >= 0.3 is 0 Å². The summed E-state index contributed by atoms with van der Waals surface area (Å²) < 4.78 is 36.2. The molecule has 0 unspecified atom stereocenters. The molecule has 4 aromatic rings. The van der Waals surface area contributed by atoms with Crippen LogP contribution in [-0.2, 0) is 27.2 Å². The van der Waals surface area contributed by atoms with Crippen molar-refractivity contribution in [3.8, 4) is 23.3 Å². The molecule has 0 atom stereocenters. The van der Waals surface area contributed by atoms with Crippen LogP contribution in [0.4, 0.5) is 4.39 Å². The maximum absolute atomic E-state index is 13.2. The summed E-state index contributed by atoms with van der Waals surface area (Å²) in [4.78, 5) is 41.7. The number of hydrogen-bond donors (Lipinski definition) is 0. The molecule has 2 aromatic carbocycles. The molecular formula is C34H35FN4O6. The van der Waals surface area contributed by atoms with Crippen molar-refractivity contribution in [3.05, 3.63) is 77.9 Å². The van der Waals surface area contributed by atoms with Gasteiger partial charge in [0.15, 0.2) is 22.8 Å². The van der Waals surface area contributed by atoms with Crippen LogP contribution in [0.3, 0.4) is 0 Å². The number of methoxy groups -OCH3 is 1. The van der Waals surface area contributed by atoms with Gasteiger partial charge in [0.2, 0.25) is 5.88 Å². The van der Waals surface area contributed by atoms with Gasteiger partial charge in [0.1, 0.15) is 23.4 Å². The molecule has 1 saturated heterocycles. The number of fused-ring (bicyclic) bond motifs is 1. The van der Waals surface area contributed by atoms with E-state index < -0.39 is 5.41 Å². The Balaban J connectivity index is 1.07. The van der Waals surface area contributed by atoms with E-state index in [2.05, 4.69) is 19.9 Å². The molecule has 0 spiro atoms. The van der Waals surface area contributed by atoms with E-state index in [1.165, 1.54) is 25.6 Å². The van der Waals surface area contributed by atoms with Gasteiger partial charge in [-0.2, -0.15) is 4.98 Å². The van der Waals surface area contributed by atoms with Crippen LogP contribution in [0.5, 0.6) is 23.3 Å². The number of nitrogens with zero attached hydrogens (tertiary/aromatic N) is 4. The first kappa shape index (κ1) is 30.5. The maximum atomic E-state index is 13.2. The van der Waals surface area contributed by atoms with Gasteiger partial charge in [-0.05, 0) is 54.7 Å². The zero-order valence-electron chi connectivity index (χ0n) is 25.2. The quantitative estimate of drug-likeness (QED) is 0.145. The van der Waals surface area contributed by atoms with Crippen LogP contribution in [0.25, 0.3) is 11.0 Å². The predicted molar refractivity (Wildman–Crippen MR) is 163 cm³/mol. The molecular weight excluding hydrogens is 579 g/mol. The molecule has 234 valence electrons. The van der Waals surface area contributed by atoms with E-state index in [0.717, 1.165) is 44.8 Å². The Hall–Kier alpha value is -4.48. The Kier molecular flexibility index (Phi) is 9.27. The van der Waals surface area contributed by atoms with Crippen molar-refractivity contribution in [3.63, 3.8) is 0 Å². The van der Waals surface area contributed by atoms with Crippen LogP contribution >= 0.6 is 0 Å². The summed E-state index contributed by atoms with van der Waals surface area (Å²) in [7, 11) is 1.53. The Bertz CT molecular complexity index is 1650. The average molecular weight is 615 g/mol. The van der Waals surface area contributed by atoms with Crippen LogP contribution in [-0.4, -0.2) is 78.0 Å². The van der Waals surface area contributed by atoms with Crippen molar-refractivity contribution in [2.75, 3.05) is 46.6 Å². The van der Waals surface area contributed by atoms with Gasteiger partial charge in [0, 0.05) is 38.5 Å². The summed E-state index contributed by atoms with van der Waals surface area (Å²) in [6, 6.07) is 14.7. The molecule has 45 heavy (non-hydrogen) atoms. The second-order valence-corrected chi connectivity index (χ2v) is 11.4. The largest absolute Gasteiger partial charge is 0.488 e. The third-order valence-corrected chi connectivity index (χ3v) is 8.28. The van der Waals surface area contributed by atoms with Crippen molar-refractivity contribution < 1.29 is 32.9 Å². The zero-order chi connectivity index (χ0) is 31.2. The highest BCUT2D eigenvalue weighted by atomic mass is 19.1. The third kappa shape index (κ3) is 7.26. The molecule has 1 aliphatic heterocycles. The van der Waals surface area contributed by atoms with Crippen LogP contribution in [0.15, 0.2) is 60.9 Å². The number of benzene rings is 2. The number of hydrogen-bond acceptors (Lipinski definition) is 10. The molecule has 1 saturated carbocycles. The van der Waals surface area contributed by atoms with Crippen LogP contribution in [0, 0.1) is 11.2 Å². The molecule has 11 heteroatoms. The van der Waals surface area contributed by atoms with Crippen molar-refractivity contribution in [2.24, 2.45) is 5.41 Å². The Morgan fingerprint density at radius 3 is 2.24 bits per heavy atom. The molecule has 2 fully saturated rings. The lowest BCUT2D eigenvalue weighted by molar-refractivity contribution is -0.133. The Morgan fingerprint density at radius 1 is 0.933 bits per heavy atom. The first-order chi connectivity index (χ1) is 21.9. The van der Waals surface area contributed by atoms with Gasteiger partial charge < -0.3 is 18.9 Å². The molecule has 1 aliphatic carbocycles. The zero-order valence-corrected chi connectivity index (χ0v) is 25.2. The van der Waals surface area contributed by atoms with Gasteiger partial charge in [-0.1, -0.05) is 24.3 Å². The first-order valence-electron chi connectivity index (χ1n) is 15.1. The molecule has 6 rings (SSSR count). The number of carbonyl (C=O) groups is 2.